The SMILES string of the molecule is Cc1ccncc1NC(=O)c1ccccc1NS(C)(=O)=O. The Morgan fingerprint density at radius 1 is 1.14 bits per heavy atom. The number of aryl methyl sites for hydroxylation is 1. The van der Waals surface area contributed by atoms with Gasteiger partial charge in [0.05, 0.1) is 29.4 Å². The minimum absolute atomic E-state index is 0.235. The van der Waals surface area contributed by atoms with E-state index in [9.17, 15) is 13.2 Å². The summed E-state index contributed by atoms with van der Waals surface area (Å²) in [5.74, 6) is -0.405. The Balaban J connectivity index is 2.30. The van der Waals surface area contributed by atoms with Crippen molar-refractivity contribution in [2.24, 2.45) is 0 Å². The van der Waals surface area contributed by atoms with Gasteiger partial charge in [0.15, 0.2) is 0 Å². The number of anilines is 2. The molecule has 6 nitrogen and oxygen atoms in total. The maximum absolute atomic E-state index is 12.3. The standard InChI is InChI=1S/C14H15N3O3S/c1-10-7-8-15-9-13(10)16-14(18)11-5-3-4-6-12(11)17-21(2,19)20/h3-9,17H,1-2H3,(H,16,18). The summed E-state index contributed by atoms with van der Waals surface area (Å²) >= 11 is 0. The van der Waals surface area contributed by atoms with Gasteiger partial charge in [-0.3, -0.25) is 14.5 Å². The fourth-order valence-corrected chi connectivity index (χ4v) is 2.33. The van der Waals surface area contributed by atoms with Crippen LogP contribution in [0.3, 0.4) is 0 Å². The molecule has 0 atom stereocenters. The summed E-state index contributed by atoms with van der Waals surface area (Å²) in [6.07, 6.45) is 4.21. The average molecular weight is 305 g/mol. The predicted octanol–water partition coefficient (Wildman–Crippen LogP) is 2.01. The number of hydrogen-bond acceptors (Lipinski definition) is 4. The third-order valence-corrected chi connectivity index (χ3v) is 3.35. The Labute approximate surface area is 123 Å². The van der Waals surface area contributed by atoms with Gasteiger partial charge in [0.1, 0.15) is 0 Å². The first kappa shape index (κ1) is 15.0. The van der Waals surface area contributed by atoms with Crippen molar-refractivity contribution in [1.29, 1.82) is 0 Å². The van der Waals surface area contributed by atoms with E-state index in [-0.39, 0.29) is 11.3 Å². The van der Waals surface area contributed by atoms with Crippen LogP contribution in [0.1, 0.15) is 15.9 Å². The Bertz CT molecular complexity index is 773. The smallest absolute Gasteiger partial charge is 0.257 e. The highest BCUT2D eigenvalue weighted by Crippen LogP contribution is 2.19. The fourth-order valence-electron chi connectivity index (χ4n) is 1.75. The van der Waals surface area contributed by atoms with E-state index >= 15 is 0 Å². The van der Waals surface area contributed by atoms with Crippen LogP contribution in [0, 0.1) is 6.92 Å². The summed E-state index contributed by atoms with van der Waals surface area (Å²) < 4.78 is 25.0. The van der Waals surface area contributed by atoms with Crippen molar-refractivity contribution in [3.05, 3.63) is 53.9 Å². The summed E-state index contributed by atoms with van der Waals surface area (Å²) in [4.78, 5) is 16.2. The minimum Gasteiger partial charge on any atom is -0.320 e. The van der Waals surface area contributed by atoms with Gasteiger partial charge in [0, 0.05) is 6.20 Å². The Hall–Kier alpha value is -2.41. The Kier molecular flexibility index (Phi) is 4.23. The molecule has 2 aromatic rings. The van der Waals surface area contributed by atoms with Crippen molar-refractivity contribution in [2.45, 2.75) is 6.92 Å². The lowest BCUT2D eigenvalue weighted by molar-refractivity contribution is 0.102. The molecule has 0 unspecified atom stereocenters. The van der Waals surface area contributed by atoms with E-state index in [0.717, 1.165) is 11.8 Å². The van der Waals surface area contributed by atoms with Crippen LogP contribution < -0.4 is 10.0 Å². The number of nitrogens with one attached hydrogen (secondary N) is 2. The van der Waals surface area contributed by atoms with Crippen LogP contribution in [0.15, 0.2) is 42.7 Å². The van der Waals surface area contributed by atoms with Crippen molar-refractivity contribution < 1.29 is 13.2 Å². The molecule has 0 saturated carbocycles. The van der Waals surface area contributed by atoms with Gasteiger partial charge < -0.3 is 5.32 Å². The molecular weight excluding hydrogens is 290 g/mol. The number of benzene rings is 1. The number of aromatic nitrogens is 1. The number of para-hydroxylation sites is 1. The summed E-state index contributed by atoms with van der Waals surface area (Å²) in [5, 5.41) is 2.72. The van der Waals surface area contributed by atoms with Crippen LogP contribution in [0.4, 0.5) is 11.4 Å². The van der Waals surface area contributed by atoms with Gasteiger partial charge in [-0.15, -0.1) is 0 Å². The van der Waals surface area contributed by atoms with E-state index < -0.39 is 15.9 Å². The third kappa shape index (κ3) is 4.03. The van der Waals surface area contributed by atoms with Gasteiger partial charge in [-0.1, -0.05) is 12.1 Å². The van der Waals surface area contributed by atoms with E-state index in [0.29, 0.717) is 5.69 Å². The van der Waals surface area contributed by atoms with E-state index in [1.54, 1.807) is 36.7 Å². The van der Waals surface area contributed by atoms with Crippen LogP contribution in [-0.2, 0) is 10.0 Å². The van der Waals surface area contributed by atoms with E-state index in [1.807, 2.05) is 6.92 Å². The second-order valence-electron chi connectivity index (χ2n) is 4.56. The summed E-state index contributed by atoms with van der Waals surface area (Å²) in [6, 6.07) is 8.18. The molecule has 110 valence electrons. The molecule has 0 aliphatic carbocycles. The molecule has 2 rings (SSSR count). The molecule has 0 fully saturated rings. The van der Waals surface area contributed by atoms with Gasteiger partial charge in [-0.25, -0.2) is 8.42 Å². The maximum atomic E-state index is 12.3. The van der Waals surface area contributed by atoms with E-state index in [2.05, 4.69) is 15.0 Å². The lowest BCUT2D eigenvalue weighted by Crippen LogP contribution is -2.18. The van der Waals surface area contributed by atoms with Gasteiger partial charge >= 0.3 is 0 Å². The number of carbonyl (C=O) groups is 1. The third-order valence-electron chi connectivity index (χ3n) is 2.75. The van der Waals surface area contributed by atoms with Crippen molar-refractivity contribution >= 4 is 27.3 Å². The lowest BCUT2D eigenvalue weighted by Gasteiger charge is -2.11. The number of pyridine rings is 1. The number of hydrogen-bond donors (Lipinski definition) is 2. The molecule has 0 spiro atoms. The van der Waals surface area contributed by atoms with Crippen molar-refractivity contribution in [2.75, 3.05) is 16.3 Å². The second-order valence-corrected chi connectivity index (χ2v) is 6.31. The summed E-state index contributed by atoms with van der Waals surface area (Å²) in [6.45, 7) is 1.85. The molecule has 7 heteroatoms. The fraction of sp³-hybridized carbons (Fsp3) is 0.143. The molecule has 1 aromatic heterocycles. The molecule has 0 aliphatic heterocycles. The molecule has 0 saturated heterocycles. The molecule has 1 heterocycles. The van der Waals surface area contributed by atoms with Crippen LogP contribution >= 0.6 is 0 Å². The second kappa shape index (κ2) is 5.92. The molecule has 2 N–H and O–H groups in total. The maximum Gasteiger partial charge on any atom is 0.257 e. The summed E-state index contributed by atoms with van der Waals surface area (Å²) in [7, 11) is -3.46. The molecule has 0 bridgehead atoms. The predicted molar refractivity (Wildman–Crippen MR) is 81.8 cm³/mol. The largest absolute Gasteiger partial charge is 0.320 e. The first-order valence-electron chi connectivity index (χ1n) is 6.15. The molecule has 21 heavy (non-hydrogen) atoms. The molecule has 0 aliphatic rings. The number of amides is 1. The van der Waals surface area contributed by atoms with Crippen LogP contribution in [0.2, 0.25) is 0 Å². The topological polar surface area (TPSA) is 88.2 Å². The molecule has 1 aromatic carbocycles. The van der Waals surface area contributed by atoms with Gasteiger partial charge in [-0.05, 0) is 30.7 Å². The van der Waals surface area contributed by atoms with Crippen LogP contribution in [-0.4, -0.2) is 25.6 Å². The number of nitrogens with zero attached hydrogens (tertiary/aromatic N) is 1. The zero-order valence-corrected chi connectivity index (χ0v) is 12.4. The molecule has 1 amide bonds. The van der Waals surface area contributed by atoms with E-state index in [4.69, 9.17) is 0 Å². The minimum atomic E-state index is -3.46. The molecule has 0 radical (unpaired) electrons. The first-order valence-corrected chi connectivity index (χ1v) is 8.05. The van der Waals surface area contributed by atoms with Gasteiger partial charge in [0.2, 0.25) is 10.0 Å². The quantitative estimate of drug-likeness (QED) is 0.904. The van der Waals surface area contributed by atoms with Gasteiger partial charge in [-0.2, -0.15) is 0 Å². The van der Waals surface area contributed by atoms with Crippen molar-refractivity contribution in [3.63, 3.8) is 0 Å². The monoisotopic (exact) mass is 305 g/mol. The number of rotatable bonds is 4. The van der Waals surface area contributed by atoms with Crippen LogP contribution in [0.25, 0.3) is 0 Å². The molecular formula is C14H15N3O3S. The number of sulfonamides is 1. The average Bonchev–Trinajstić information content (AvgIpc) is 2.40. The highest BCUT2D eigenvalue weighted by Gasteiger charge is 2.14. The van der Waals surface area contributed by atoms with Crippen LogP contribution in [0.5, 0.6) is 0 Å². The zero-order valence-electron chi connectivity index (χ0n) is 11.6. The normalized spacial score (nSPS) is 11.0. The first-order chi connectivity index (χ1) is 9.87. The highest BCUT2D eigenvalue weighted by molar-refractivity contribution is 7.92. The Morgan fingerprint density at radius 3 is 2.52 bits per heavy atom. The van der Waals surface area contributed by atoms with Crippen molar-refractivity contribution in [3.8, 4) is 0 Å². The summed E-state index contributed by atoms with van der Waals surface area (Å²) in [5.41, 5.74) is 1.92. The van der Waals surface area contributed by atoms with Crippen molar-refractivity contribution in [1.82, 2.24) is 4.98 Å². The highest BCUT2D eigenvalue weighted by atomic mass is 32.2. The van der Waals surface area contributed by atoms with Gasteiger partial charge in [0.25, 0.3) is 5.91 Å². The Morgan fingerprint density at radius 2 is 1.86 bits per heavy atom. The zero-order chi connectivity index (χ0) is 15.5. The lowest BCUT2D eigenvalue weighted by atomic mass is 10.1. The number of carbonyl (C=O) groups excluding carboxylic acids is 1. The van der Waals surface area contributed by atoms with E-state index in [1.165, 1.54) is 6.07 Å².